The zero-order chi connectivity index (χ0) is 14.8. The van der Waals surface area contributed by atoms with Crippen molar-refractivity contribution < 1.29 is 19.2 Å². The molecule has 0 saturated carbocycles. The SMILES string of the molecule is O=C(O)[C@@H]1CCCN(C(=O)Cc2noc3ccccc23)C1. The number of carboxylic acids is 1. The van der Waals surface area contributed by atoms with Crippen LogP contribution < -0.4 is 0 Å². The number of likely N-dealkylation sites (tertiary alicyclic amines) is 1. The second kappa shape index (κ2) is 5.55. The minimum atomic E-state index is -0.834. The Balaban J connectivity index is 1.72. The van der Waals surface area contributed by atoms with Crippen LogP contribution in [0.25, 0.3) is 11.0 Å². The highest BCUT2D eigenvalue weighted by Gasteiger charge is 2.28. The molecule has 1 aliphatic rings. The summed E-state index contributed by atoms with van der Waals surface area (Å²) in [7, 11) is 0. The number of hydrogen-bond donors (Lipinski definition) is 1. The number of carbonyl (C=O) groups is 2. The molecule has 6 nitrogen and oxygen atoms in total. The van der Waals surface area contributed by atoms with E-state index in [9.17, 15) is 9.59 Å². The van der Waals surface area contributed by atoms with Crippen molar-refractivity contribution in [3.8, 4) is 0 Å². The molecule has 1 aliphatic heterocycles. The van der Waals surface area contributed by atoms with E-state index < -0.39 is 11.9 Å². The van der Waals surface area contributed by atoms with E-state index in [1.807, 2.05) is 18.2 Å². The quantitative estimate of drug-likeness (QED) is 0.929. The first-order valence-corrected chi connectivity index (χ1v) is 6.99. The molecule has 1 saturated heterocycles. The van der Waals surface area contributed by atoms with Crippen LogP contribution in [0.15, 0.2) is 28.8 Å². The molecule has 0 unspecified atom stereocenters. The smallest absolute Gasteiger partial charge is 0.308 e. The molecule has 1 amide bonds. The van der Waals surface area contributed by atoms with Gasteiger partial charge in [-0.1, -0.05) is 17.3 Å². The van der Waals surface area contributed by atoms with Crippen molar-refractivity contribution in [2.75, 3.05) is 13.1 Å². The third-order valence-electron chi connectivity index (χ3n) is 3.89. The van der Waals surface area contributed by atoms with Gasteiger partial charge in [0.2, 0.25) is 5.91 Å². The summed E-state index contributed by atoms with van der Waals surface area (Å²) in [4.78, 5) is 25.0. The third-order valence-corrected chi connectivity index (χ3v) is 3.89. The standard InChI is InChI=1S/C15H16N2O4/c18-14(17-7-3-4-10(9-17)15(19)20)8-12-11-5-1-2-6-13(11)21-16-12/h1-2,5-6,10H,3-4,7-9H2,(H,19,20)/t10-/m1/s1. The van der Waals surface area contributed by atoms with Gasteiger partial charge in [0.15, 0.2) is 5.58 Å². The van der Waals surface area contributed by atoms with Gasteiger partial charge in [0.1, 0.15) is 5.69 Å². The Morgan fingerprint density at radius 1 is 1.38 bits per heavy atom. The molecule has 2 aromatic rings. The van der Waals surface area contributed by atoms with E-state index >= 15 is 0 Å². The van der Waals surface area contributed by atoms with Crippen LogP contribution in [0.5, 0.6) is 0 Å². The van der Waals surface area contributed by atoms with Crippen LogP contribution in [0, 0.1) is 5.92 Å². The van der Waals surface area contributed by atoms with Crippen LogP contribution >= 0.6 is 0 Å². The number of nitrogens with zero attached hydrogens (tertiary/aromatic N) is 2. The lowest BCUT2D eigenvalue weighted by Gasteiger charge is -2.30. The van der Waals surface area contributed by atoms with Gasteiger partial charge in [0.05, 0.1) is 12.3 Å². The molecule has 2 heterocycles. The second-order valence-electron chi connectivity index (χ2n) is 5.32. The first-order chi connectivity index (χ1) is 10.1. The number of rotatable bonds is 3. The highest BCUT2D eigenvalue weighted by molar-refractivity contribution is 5.86. The number of piperidine rings is 1. The summed E-state index contributed by atoms with van der Waals surface area (Å²) < 4.78 is 5.18. The van der Waals surface area contributed by atoms with E-state index in [0.717, 1.165) is 11.8 Å². The van der Waals surface area contributed by atoms with Crippen LogP contribution in [0.3, 0.4) is 0 Å². The summed E-state index contributed by atoms with van der Waals surface area (Å²) in [5, 5.41) is 13.8. The zero-order valence-electron chi connectivity index (χ0n) is 11.5. The van der Waals surface area contributed by atoms with Crippen molar-refractivity contribution >= 4 is 22.8 Å². The normalized spacial score (nSPS) is 18.9. The maximum atomic E-state index is 12.3. The molecule has 0 radical (unpaired) electrons. The molecular formula is C15H16N2O4. The van der Waals surface area contributed by atoms with Gasteiger partial charge in [-0.2, -0.15) is 0 Å². The molecule has 21 heavy (non-hydrogen) atoms. The number of amides is 1. The van der Waals surface area contributed by atoms with Crippen LogP contribution in [0.2, 0.25) is 0 Å². The van der Waals surface area contributed by atoms with Crippen LogP contribution in [0.4, 0.5) is 0 Å². The van der Waals surface area contributed by atoms with Gasteiger partial charge >= 0.3 is 5.97 Å². The first-order valence-electron chi connectivity index (χ1n) is 6.99. The fourth-order valence-corrected chi connectivity index (χ4v) is 2.73. The molecule has 0 bridgehead atoms. The molecule has 110 valence electrons. The maximum absolute atomic E-state index is 12.3. The van der Waals surface area contributed by atoms with Gasteiger partial charge in [-0.25, -0.2) is 0 Å². The molecule has 1 N–H and O–H groups in total. The van der Waals surface area contributed by atoms with Gasteiger partial charge in [-0.15, -0.1) is 0 Å². The lowest BCUT2D eigenvalue weighted by atomic mass is 9.98. The molecule has 0 aliphatic carbocycles. The van der Waals surface area contributed by atoms with Crippen molar-refractivity contribution in [3.05, 3.63) is 30.0 Å². The average molecular weight is 288 g/mol. The minimum Gasteiger partial charge on any atom is -0.481 e. The monoisotopic (exact) mass is 288 g/mol. The van der Waals surface area contributed by atoms with Gasteiger partial charge in [-0.05, 0) is 25.0 Å². The zero-order valence-corrected chi connectivity index (χ0v) is 11.5. The van der Waals surface area contributed by atoms with Crippen LogP contribution in [-0.2, 0) is 16.0 Å². The first kappa shape index (κ1) is 13.6. The number of fused-ring (bicyclic) bond motifs is 1. The van der Waals surface area contributed by atoms with E-state index in [1.54, 1.807) is 11.0 Å². The largest absolute Gasteiger partial charge is 0.481 e. The number of aromatic nitrogens is 1. The van der Waals surface area contributed by atoms with Crippen LogP contribution in [0.1, 0.15) is 18.5 Å². The summed E-state index contributed by atoms with van der Waals surface area (Å²) in [5.41, 5.74) is 1.26. The van der Waals surface area contributed by atoms with Gasteiger partial charge < -0.3 is 14.5 Å². The number of carbonyl (C=O) groups excluding carboxylic acids is 1. The summed E-state index contributed by atoms with van der Waals surface area (Å²) >= 11 is 0. The highest BCUT2D eigenvalue weighted by Crippen LogP contribution is 2.21. The van der Waals surface area contributed by atoms with E-state index in [0.29, 0.717) is 24.2 Å². The predicted molar refractivity (Wildman–Crippen MR) is 74.7 cm³/mol. The average Bonchev–Trinajstić information content (AvgIpc) is 2.91. The van der Waals surface area contributed by atoms with E-state index in [-0.39, 0.29) is 18.9 Å². The van der Waals surface area contributed by atoms with Crippen molar-refractivity contribution in [3.63, 3.8) is 0 Å². The summed E-state index contributed by atoms with van der Waals surface area (Å²) in [6, 6.07) is 7.39. The van der Waals surface area contributed by atoms with Crippen molar-refractivity contribution in [1.29, 1.82) is 0 Å². The molecule has 3 rings (SSSR count). The topological polar surface area (TPSA) is 83.6 Å². The fraction of sp³-hybridized carbons (Fsp3) is 0.400. The van der Waals surface area contributed by atoms with Gasteiger partial charge in [-0.3, -0.25) is 9.59 Å². The van der Waals surface area contributed by atoms with E-state index in [2.05, 4.69) is 5.16 Å². The minimum absolute atomic E-state index is 0.0972. The lowest BCUT2D eigenvalue weighted by Crippen LogP contribution is -2.43. The van der Waals surface area contributed by atoms with Gasteiger partial charge in [0, 0.05) is 18.5 Å². The summed E-state index contributed by atoms with van der Waals surface area (Å²) in [6.07, 6.45) is 1.50. The fourth-order valence-electron chi connectivity index (χ4n) is 2.73. The van der Waals surface area contributed by atoms with Crippen molar-refractivity contribution in [2.45, 2.75) is 19.3 Å². The molecule has 0 spiro atoms. The number of benzene rings is 1. The van der Waals surface area contributed by atoms with Gasteiger partial charge in [0.25, 0.3) is 0 Å². The second-order valence-corrected chi connectivity index (χ2v) is 5.32. The van der Waals surface area contributed by atoms with Crippen molar-refractivity contribution in [2.24, 2.45) is 5.92 Å². The molecule has 6 heteroatoms. The Kier molecular flexibility index (Phi) is 3.60. The number of carboxylic acid groups (broad SMARTS) is 1. The molecule has 1 aromatic heterocycles. The number of hydrogen-bond acceptors (Lipinski definition) is 4. The molecule has 1 atom stereocenters. The molecular weight excluding hydrogens is 272 g/mol. The molecule has 1 fully saturated rings. The van der Waals surface area contributed by atoms with Crippen LogP contribution in [-0.4, -0.2) is 40.1 Å². The number of aliphatic carboxylic acids is 1. The summed E-state index contributed by atoms with van der Waals surface area (Å²) in [5.74, 6) is -1.39. The Bertz CT molecular complexity index is 679. The van der Waals surface area contributed by atoms with Crippen molar-refractivity contribution in [1.82, 2.24) is 10.1 Å². The summed E-state index contributed by atoms with van der Waals surface area (Å²) in [6.45, 7) is 0.891. The Labute approximate surface area is 121 Å². The lowest BCUT2D eigenvalue weighted by molar-refractivity contribution is -0.145. The predicted octanol–water partition coefficient (Wildman–Crippen LogP) is 1.69. The maximum Gasteiger partial charge on any atom is 0.308 e. The Morgan fingerprint density at radius 2 is 2.19 bits per heavy atom. The Morgan fingerprint density at radius 3 is 3.00 bits per heavy atom. The van der Waals surface area contributed by atoms with E-state index in [4.69, 9.17) is 9.63 Å². The highest BCUT2D eigenvalue weighted by atomic mass is 16.5. The molecule has 1 aromatic carbocycles. The van der Waals surface area contributed by atoms with E-state index in [1.165, 1.54) is 0 Å². The third kappa shape index (κ3) is 2.74. The Hall–Kier alpha value is -2.37. The number of para-hydroxylation sites is 1.